The second kappa shape index (κ2) is 9.98. The zero-order valence-corrected chi connectivity index (χ0v) is 18.8. The van der Waals surface area contributed by atoms with Crippen molar-refractivity contribution in [3.63, 3.8) is 0 Å². The van der Waals surface area contributed by atoms with Crippen LogP contribution in [0.25, 0.3) is 0 Å². The fourth-order valence-electron chi connectivity index (χ4n) is 4.88. The molecule has 1 saturated heterocycles. The lowest BCUT2D eigenvalue weighted by Gasteiger charge is -2.32. The van der Waals surface area contributed by atoms with Crippen LogP contribution in [0.1, 0.15) is 67.3 Å². The number of nitrogens with zero attached hydrogens (tertiary/aromatic N) is 1. The number of likely N-dealkylation sites (tertiary alicyclic amines) is 1. The molecule has 1 heterocycles. The Labute approximate surface area is 185 Å². The van der Waals surface area contributed by atoms with Crippen molar-refractivity contribution in [2.24, 2.45) is 5.92 Å². The molecule has 4 heteroatoms. The van der Waals surface area contributed by atoms with E-state index in [2.05, 4.69) is 47.5 Å². The summed E-state index contributed by atoms with van der Waals surface area (Å²) in [5.74, 6) is 0.351. The van der Waals surface area contributed by atoms with E-state index in [4.69, 9.17) is 11.6 Å². The average Bonchev–Trinajstić information content (AvgIpc) is 2.79. The number of carbonyl (C=O) groups excluding carboxylic acids is 1. The molecule has 1 N–H and O–H groups in total. The lowest BCUT2D eigenvalue weighted by atomic mass is 9.88. The quantitative estimate of drug-likeness (QED) is 0.645. The van der Waals surface area contributed by atoms with Gasteiger partial charge in [0, 0.05) is 17.5 Å². The van der Waals surface area contributed by atoms with Crippen LogP contribution in [0, 0.1) is 5.92 Å². The van der Waals surface area contributed by atoms with E-state index in [0.717, 1.165) is 43.9 Å². The van der Waals surface area contributed by atoms with Gasteiger partial charge in [-0.25, -0.2) is 0 Å². The third kappa shape index (κ3) is 5.25. The second-order valence-corrected chi connectivity index (χ2v) is 9.32. The van der Waals surface area contributed by atoms with Gasteiger partial charge in [0.15, 0.2) is 0 Å². The molecule has 160 valence electrons. The summed E-state index contributed by atoms with van der Waals surface area (Å²) in [6.45, 7) is 5.03. The summed E-state index contributed by atoms with van der Waals surface area (Å²) in [7, 11) is 0. The van der Waals surface area contributed by atoms with Crippen molar-refractivity contribution in [2.75, 3.05) is 13.1 Å². The number of benzene rings is 2. The van der Waals surface area contributed by atoms with Crippen molar-refractivity contribution in [3.8, 4) is 0 Å². The number of hydrogen-bond acceptors (Lipinski definition) is 2. The van der Waals surface area contributed by atoms with Crippen molar-refractivity contribution in [1.29, 1.82) is 0 Å². The Morgan fingerprint density at radius 3 is 2.47 bits per heavy atom. The Morgan fingerprint density at radius 1 is 1.07 bits per heavy atom. The molecule has 1 fully saturated rings. The minimum atomic E-state index is 0.122. The molecule has 1 atom stereocenters. The summed E-state index contributed by atoms with van der Waals surface area (Å²) in [5, 5.41) is 4.13. The summed E-state index contributed by atoms with van der Waals surface area (Å²) >= 11 is 5.98. The number of amides is 1. The molecular weight excluding hydrogens is 392 g/mol. The highest BCUT2D eigenvalue weighted by Gasteiger charge is 2.27. The first-order valence-corrected chi connectivity index (χ1v) is 11.9. The van der Waals surface area contributed by atoms with Gasteiger partial charge in [-0.1, -0.05) is 48.9 Å². The second-order valence-electron chi connectivity index (χ2n) is 8.88. The molecule has 0 saturated carbocycles. The smallest absolute Gasteiger partial charge is 0.223 e. The molecule has 0 aromatic heterocycles. The fraction of sp³-hybridized carbons (Fsp3) is 0.500. The van der Waals surface area contributed by atoms with Gasteiger partial charge in [-0.2, -0.15) is 0 Å². The SMILES string of the molecule is CCC(NC(=O)C1CCN(Cc2ccc(Cl)cc2)CC1)c1ccc2c(c1)CCCC2. The van der Waals surface area contributed by atoms with Crippen molar-refractivity contribution in [3.05, 3.63) is 69.7 Å². The van der Waals surface area contributed by atoms with Gasteiger partial charge in [-0.15, -0.1) is 0 Å². The summed E-state index contributed by atoms with van der Waals surface area (Å²) in [6, 6.07) is 15.1. The largest absolute Gasteiger partial charge is 0.349 e. The number of fused-ring (bicyclic) bond motifs is 1. The highest BCUT2D eigenvalue weighted by molar-refractivity contribution is 6.30. The van der Waals surface area contributed by atoms with Crippen LogP contribution in [0.15, 0.2) is 42.5 Å². The first-order chi connectivity index (χ1) is 14.6. The first-order valence-electron chi connectivity index (χ1n) is 11.5. The average molecular weight is 425 g/mol. The van der Waals surface area contributed by atoms with E-state index >= 15 is 0 Å². The topological polar surface area (TPSA) is 32.3 Å². The number of hydrogen-bond donors (Lipinski definition) is 1. The Bertz CT molecular complexity index is 856. The Morgan fingerprint density at radius 2 is 1.77 bits per heavy atom. The van der Waals surface area contributed by atoms with E-state index in [1.165, 1.54) is 47.9 Å². The van der Waals surface area contributed by atoms with E-state index in [0.29, 0.717) is 0 Å². The van der Waals surface area contributed by atoms with Crippen molar-refractivity contribution in [1.82, 2.24) is 10.2 Å². The van der Waals surface area contributed by atoms with E-state index in [1.807, 2.05) is 12.1 Å². The lowest BCUT2D eigenvalue weighted by Crippen LogP contribution is -2.41. The van der Waals surface area contributed by atoms with Crippen LogP contribution >= 0.6 is 11.6 Å². The molecule has 2 aromatic carbocycles. The summed E-state index contributed by atoms with van der Waals surface area (Å²) < 4.78 is 0. The van der Waals surface area contributed by atoms with Gasteiger partial charge >= 0.3 is 0 Å². The minimum absolute atomic E-state index is 0.122. The van der Waals surface area contributed by atoms with Gasteiger partial charge in [0.1, 0.15) is 0 Å². The maximum Gasteiger partial charge on any atom is 0.223 e. The van der Waals surface area contributed by atoms with Gasteiger partial charge in [0.2, 0.25) is 5.91 Å². The molecule has 0 radical (unpaired) electrons. The third-order valence-corrected chi connectivity index (χ3v) is 7.03. The molecule has 4 rings (SSSR count). The highest BCUT2D eigenvalue weighted by Crippen LogP contribution is 2.27. The van der Waals surface area contributed by atoms with Crippen LogP contribution in [-0.2, 0) is 24.2 Å². The number of carbonyl (C=O) groups is 1. The predicted molar refractivity (Wildman–Crippen MR) is 124 cm³/mol. The van der Waals surface area contributed by atoms with Gasteiger partial charge < -0.3 is 5.32 Å². The molecule has 0 bridgehead atoms. The maximum absolute atomic E-state index is 13.0. The van der Waals surface area contributed by atoms with Crippen molar-refractivity contribution in [2.45, 2.75) is 64.5 Å². The van der Waals surface area contributed by atoms with Crippen LogP contribution < -0.4 is 5.32 Å². The molecular formula is C26H33ClN2O. The normalized spacial score (nSPS) is 18.6. The molecule has 1 aliphatic carbocycles. The van der Waals surface area contributed by atoms with Gasteiger partial charge in [-0.3, -0.25) is 9.69 Å². The molecule has 1 amide bonds. The monoisotopic (exact) mass is 424 g/mol. The highest BCUT2D eigenvalue weighted by atomic mass is 35.5. The number of nitrogens with one attached hydrogen (secondary N) is 1. The summed E-state index contributed by atoms with van der Waals surface area (Å²) in [4.78, 5) is 15.4. The number of aryl methyl sites for hydroxylation is 2. The fourth-order valence-corrected chi connectivity index (χ4v) is 5.01. The van der Waals surface area contributed by atoms with Crippen LogP contribution in [0.2, 0.25) is 5.02 Å². The maximum atomic E-state index is 13.0. The predicted octanol–water partition coefficient (Wildman–Crippen LogP) is 5.70. The van der Waals surface area contributed by atoms with Crippen LogP contribution in [0.5, 0.6) is 0 Å². The Kier molecular flexibility index (Phi) is 7.12. The number of halogens is 1. The molecule has 1 unspecified atom stereocenters. The number of rotatable bonds is 6. The van der Waals surface area contributed by atoms with E-state index < -0.39 is 0 Å². The molecule has 3 nitrogen and oxygen atoms in total. The molecule has 2 aromatic rings. The zero-order valence-electron chi connectivity index (χ0n) is 18.0. The Hall–Kier alpha value is -1.84. The Balaban J connectivity index is 1.30. The van der Waals surface area contributed by atoms with E-state index in [1.54, 1.807) is 0 Å². The lowest BCUT2D eigenvalue weighted by molar-refractivity contribution is -0.127. The van der Waals surface area contributed by atoms with Gasteiger partial charge in [-0.05, 0) is 92.4 Å². The molecule has 1 aliphatic heterocycles. The van der Waals surface area contributed by atoms with Gasteiger partial charge in [0.25, 0.3) is 0 Å². The zero-order chi connectivity index (χ0) is 20.9. The first kappa shape index (κ1) is 21.4. The minimum Gasteiger partial charge on any atom is -0.349 e. The third-order valence-electron chi connectivity index (χ3n) is 6.78. The van der Waals surface area contributed by atoms with Crippen LogP contribution in [0.4, 0.5) is 0 Å². The van der Waals surface area contributed by atoms with E-state index in [9.17, 15) is 4.79 Å². The number of piperidine rings is 1. The van der Waals surface area contributed by atoms with Gasteiger partial charge in [0.05, 0.1) is 6.04 Å². The van der Waals surface area contributed by atoms with Crippen molar-refractivity contribution < 1.29 is 4.79 Å². The van der Waals surface area contributed by atoms with E-state index in [-0.39, 0.29) is 17.9 Å². The summed E-state index contributed by atoms with van der Waals surface area (Å²) in [5.41, 5.74) is 5.54. The standard InChI is InChI=1S/C26H33ClN2O/c1-2-25(23-10-9-20-5-3-4-6-22(20)17-23)28-26(30)21-13-15-29(16-14-21)18-19-7-11-24(27)12-8-19/h7-12,17,21,25H,2-6,13-16,18H2,1H3,(H,28,30). The summed E-state index contributed by atoms with van der Waals surface area (Å²) in [6.07, 6.45) is 7.76. The molecule has 2 aliphatic rings. The van der Waals surface area contributed by atoms with Crippen molar-refractivity contribution >= 4 is 17.5 Å². The molecule has 30 heavy (non-hydrogen) atoms. The van der Waals surface area contributed by atoms with Crippen LogP contribution in [0.3, 0.4) is 0 Å². The molecule has 0 spiro atoms. The van der Waals surface area contributed by atoms with Crippen LogP contribution in [-0.4, -0.2) is 23.9 Å².